The third-order valence-corrected chi connectivity index (χ3v) is 5.29. The van der Waals surface area contributed by atoms with E-state index >= 15 is 0 Å². The number of ether oxygens (including phenoxy) is 2. The van der Waals surface area contributed by atoms with Gasteiger partial charge in [0.2, 0.25) is 0 Å². The van der Waals surface area contributed by atoms with E-state index in [1.807, 2.05) is 69.3 Å². The van der Waals surface area contributed by atoms with Gasteiger partial charge in [0.05, 0.1) is 18.3 Å². The van der Waals surface area contributed by atoms with E-state index in [9.17, 15) is 4.79 Å². The maximum absolute atomic E-state index is 12.4. The second-order valence-electron chi connectivity index (χ2n) is 6.89. The predicted molar refractivity (Wildman–Crippen MR) is 110 cm³/mol. The number of nitrogens with zero attached hydrogens (tertiary/aromatic N) is 1. The molecule has 1 saturated heterocycles. The summed E-state index contributed by atoms with van der Waals surface area (Å²) >= 11 is 2.23. The van der Waals surface area contributed by atoms with Gasteiger partial charge in [-0.3, -0.25) is 4.90 Å². The van der Waals surface area contributed by atoms with Crippen molar-refractivity contribution in [1.82, 2.24) is 0 Å². The summed E-state index contributed by atoms with van der Waals surface area (Å²) in [5, 5.41) is 0. The summed E-state index contributed by atoms with van der Waals surface area (Å²) in [5.74, 6) is -0.735. The minimum atomic E-state index is -0.735. The molecule has 0 unspecified atom stereocenters. The van der Waals surface area contributed by atoms with E-state index in [-0.39, 0.29) is 12.1 Å². The number of anilines is 1. The number of primary amides is 1. The fraction of sp³-hybridized carbons (Fsp3) is 0.350. The number of carbonyl (C=O) groups is 1. The average molecular weight is 466 g/mol. The molecule has 6 heteroatoms. The van der Waals surface area contributed by atoms with Crippen LogP contribution >= 0.6 is 22.6 Å². The third kappa shape index (κ3) is 4.02. The Morgan fingerprint density at radius 3 is 2.54 bits per heavy atom. The molecule has 5 nitrogen and oxygen atoms in total. The Morgan fingerprint density at radius 1 is 1.23 bits per heavy atom. The van der Waals surface area contributed by atoms with Gasteiger partial charge in [-0.25, -0.2) is 4.79 Å². The van der Waals surface area contributed by atoms with E-state index in [2.05, 4.69) is 22.6 Å². The standard InChI is InChI=1S/C20H23IN2O3/c1-13-9-10-16(15(21)11-13)23(19(22)24)17-12-25-20(2,3)26-18(17)14-7-5-4-6-8-14/h4-11,17-18H,12H2,1-3H3,(H2,22,24)/t17-,18+/m0/s1. The van der Waals surface area contributed by atoms with Gasteiger partial charge in [-0.15, -0.1) is 0 Å². The molecule has 2 aromatic rings. The number of amides is 2. The Bertz CT molecular complexity index is 795. The Kier molecular flexibility index (Phi) is 5.55. The number of urea groups is 1. The molecule has 2 aromatic carbocycles. The molecule has 0 radical (unpaired) electrons. The molecular formula is C20H23IN2O3. The van der Waals surface area contributed by atoms with Gasteiger partial charge in [-0.1, -0.05) is 36.4 Å². The lowest BCUT2D eigenvalue weighted by molar-refractivity contribution is -0.281. The van der Waals surface area contributed by atoms with E-state index in [4.69, 9.17) is 15.2 Å². The maximum Gasteiger partial charge on any atom is 0.319 e. The van der Waals surface area contributed by atoms with Crippen LogP contribution in [0, 0.1) is 10.5 Å². The third-order valence-electron chi connectivity index (χ3n) is 4.42. The zero-order valence-corrected chi connectivity index (χ0v) is 17.3. The summed E-state index contributed by atoms with van der Waals surface area (Å²) in [7, 11) is 0. The van der Waals surface area contributed by atoms with Crippen LogP contribution in [0.4, 0.5) is 10.5 Å². The molecule has 1 heterocycles. The van der Waals surface area contributed by atoms with Crippen molar-refractivity contribution in [1.29, 1.82) is 0 Å². The largest absolute Gasteiger partial charge is 0.351 e. The second kappa shape index (κ2) is 7.54. The van der Waals surface area contributed by atoms with Crippen LogP contribution in [-0.4, -0.2) is 24.5 Å². The maximum atomic E-state index is 12.4. The van der Waals surface area contributed by atoms with E-state index in [0.29, 0.717) is 6.61 Å². The molecule has 0 bridgehead atoms. The van der Waals surface area contributed by atoms with Crippen LogP contribution in [-0.2, 0) is 9.47 Å². The van der Waals surface area contributed by atoms with Crippen LogP contribution in [0.15, 0.2) is 48.5 Å². The molecule has 2 atom stereocenters. The number of halogens is 1. The minimum Gasteiger partial charge on any atom is -0.351 e. The highest BCUT2D eigenvalue weighted by molar-refractivity contribution is 14.1. The summed E-state index contributed by atoms with van der Waals surface area (Å²) in [6.45, 7) is 6.11. The lowest BCUT2D eigenvalue weighted by Gasteiger charge is -2.45. The summed E-state index contributed by atoms with van der Waals surface area (Å²) in [6, 6.07) is 14.9. The molecule has 2 N–H and O–H groups in total. The first-order valence-corrected chi connectivity index (χ1v) is 9.58. The highest BCUT2D eigenvalue weighted by Crippen LogP contribution is 2.38. The molecule has 1 aliphatic heterocycles. The molecule has 1 fully saturated rings. The smallest absolute Gasteiger partial charge is 0.319 e. The predicted octanol–water partition coefficient (Wildman–Crippen LogP) is 4.38. The van der Waals surface area contributed by atoms with Crippen molar-refractivity contribution >= 4 is 34.3 Å². The molecule has 1 aliphatic rings. The molecule has 138 valence electrons. The first kappa shape index (κ1) is 19.1. The molecule has 26 heavy (non-hydrogen) atoms. The number of aryl methyl sites for hydroxylation is 1. The van der Waals surface area contributed by atoms with Gasteiger partial charge < -0.3 is 15.2 Å². The minimum absolute atomic E-state index is 0.333. The summed E-state index contributed by atoms with van der Waals surface area (Å²) in [6.07, 6.45) is -0.343. The second-order valence-corrected chi connectivity index (χ2v) is 8.05. The van der Waals surface area contributed by atoms with Crippen molar-refractivity contribution in [2.75, 3.05) is 11.5 Å². The quantitative estimate of drug-likeness (QED) is 0.684. The Hall–Kier alpha value is -1.64. The lowest BCUT2D eigenvalue weighted by Crippen LogP contribution is -2.55. The number of rotatable bonds is 3. The molecule has 0 saturated carbocycles. The lowest BCUT2D eigenvalue weighted by atomic mass is 9.98. The zero-order chi connectivity index (χ0) is 18.9. The fourth-order valence-electron chi connectivity index (χ4n) is 3.20. The van der Waals surface area contributed by atoms with E-state index in [1.165, 1.54) is 0 Å². The molecule has 0 spiro atoms. The number of nitrogens with two attached hydrogens (primary N) is 1. The summed E-state index contributed by atoms with van der Waals surface area (Å²) in [5.41, 5.74) is 8.66. The molecule has 0 aromatic heterocycles. The van der Waals surface area contributed by atoms with Gasteiger partial charge >= 0.3 is 6.03 Å². The zero-order valence-electron chi connectivity index (χ0n) is 15.1. The monoisotopic (exact) mass is 466 g/mol. The number of benzene rings is 2. The van der Waals surface area contributed by atoms with Gasteiger partial charge in [-0.2, -0.15) is 0 Å². The molecule has 0 aliphatic carbocycles. The summed E-state index contributed by atoms with van der Waals surface area (Å²) < 4.78 is 13.0. The van der Waals surface area contributed by atoms with E-state index in [0.717, 1.165) is 20.4 Å². The fourth-order valence-corrected chi connectivity index (χ4v) is 4.13. The van der Waals surface area contributed by atoms with Crippen LogP contribution in [0.2, 0.25) is 0 Å². The van der Waals surface area contributed by atoms with Crippen LogP contribution in [0.1, 0.15) is 31.1 Å². The SMILES string of the molecule is Cc1ccc(N(C(N)=O)[C@H]2COC(C)(C)O[C@@H]2c2ccccc2)c(I)c1. The van der Waals surface area contributed by atoms with Crippen molar-refractivity contribution in [3.8, 4) is 0 Å². The van der Waals surface area contributed by atoms with Crippen LogP contribution < -0.4 is 10.6 Å². The van der Waals surface area contributed by atoms with Crippen molar-refractivity contribution < 1.29 is 14.3 Å². The average Bonchev–Trinajstić information content (AvgIpc) is 2.58. The Labute approximate surface area is 167 Å². The van der Waals surface area contributed by atoms with Crippen molar-refractivity contribution in [2.24, 2.45) is 5.73 Å². The molecule has 3 rings (SSSR count). The Morgan fingerprint density at radius 2 is 1.92 bits per heavy atom. The number of hydrogen-bond acceptors (Lipinski definition) is 3. The van der Waals surface area contributed by atoms with Gasteiger partial charge in [0.1, 0.15) is 6.10 Å². The topological polar surface area (TPSA) is 64.8 Å². The van der Waals surface area contributed by atoms with Crippen LogP contribution in [0.25, 0.3) is 0 Å². The van der Waals surface area contributed by atoms with Gasteiger partial charge in [0.25, 0.3) is 0 Å². The van der Waals surface area contributed by atoms with Crippen molar-refractivity contribution in [3.05, 3.63) is 63.2 Å². The van der Waals surface area contributed by atoms with Gasteiger partial charge in [0.15, 0.2) is 5.79 Å². The van der Waals surface area contributed by atoms with E-state index in [1.54, 1.807) is 4.90 Å². The number of carbonyl (C=O) groups excluding carboxylic acids is 1. The molecular weight excluding hydrogens is 443 g/mol. The van der Waals surface area contributed by atoms with Crippen LogP contribution in [0.5, 0.6) is 0 Å². The number of hydrogen-bond donors (Lipinski definition) is 1. The first-order valence-electron chi connectivity index (χ1n) is 8.50. The van der Waals surface area contributed by atoms with Crippen molar-refractivity contribution in [3.63, 3.8) is 0 Å². The highest BCUT2D eigenvalue weighted by atomic mass is 127. The normalized spacial score (nSPS) is 22.0. The first-order chi connectivity index (χ1) is 12.3. The Balaban J connectivity index is 2.05. The highest BCUT2D eigenvalue weighted by Gasteiger charge is 2.42. The molecule has 2 amide bonds. The van der Waals surface area contributed by atoms with E-state index < -0.39 is 11.8 Å². The van der Waals surface area contributed by atoms with Gasteiger partial charge in [0, 0.05) is 3.57 Å². The van der Waals surface area contributed by atoms with Crippen LogP contribution in [0.3, 0.4) is 0 Å². The van der Waals surface area contributed by atoms with Crippen molar-refractivity contribution in [2.45, 2.75) is 38.7 Å². The summed E-state index contributed by atoms with van der Waals surface area (Å²) in [4.78, 5) is 14.0. The van der Waals surface area contributed by atoms with Gasteiger partial charge in [-0.05, 0) is 66.6 Å².